The van der Waals surface area contributed by atoms with Crippen molar-refractivity contribution in [2.45, 2.75) is 72.8 Å². The van der Waals surface area contributed by atoms with Gasteiger partial charge in [0.25, 0.3) is 5.89 Å². The molecule has 0 saturated carbocycles. The second-order valence-electron chi connectivity index (χ2n) is 9.14. The Kier molecular flexibility index (Phi) is 8.56. The molecule has 0 radical (unpaired) electrons. The fourth-order valence-corrected chi connectivity index (χ4v) is 4.11. The molecule has 0 saturated heterocycles. The van der Waals surface area contributed by atoms with E-state index in [9.17, 15) is 4.79 Å². The number of carbonyl (C=O) groups is 1. The van der Waals surface area contributed by atoms with Gasteiger partial charge in [-0.05, 0) is 87.4 Å². The van der Waals surface area contributed by atoms with Gasteiger partial charge in [0.2, 0.25) is 5.82 Å². The maximum absolute atomic E-state index is 12.1. The third-order valence-electron chi connectivity index (χ3n) is 6.30. The standard InChI is InChI=1S/C27H36N4O3/c1-7-20-15-21(13-18(4)24(20)11-10-23(33)9-8-12-32)25-29-27(34-30-25)22-14-19(5)26(28-16-22)31(6)17(2)3/h13-17,32H,7-12H2,1-6H3. The average molecular weight is 465 g/mol. The molecule has 0 atom stereocenters. The molecule has 0 bridgehead atoms. The van der Waals surface area contributed by atoms with Crippen molar-refractivity contribution in [2.75, 3.05) is 18.6 Å². The van der Waals surface area contributed by atoms with E-state index in [0.717, 1.165) is 34.5 Å². The Bertz CT molecular complexity index is 1140. The van der Waals surface area contributed by atoms with Crippen molar-refractivity contribution in [2.24, 2.45) is 0 Å². The summed E-state index contributed by atoms with van der Waals surface area (Å²) >= 11 is 0. The zero-order valence-electron chi connectivity index (χ0n) is 21.2. The number of aliphatic hydroxyl groups is 1. The molecule has 2 heterocycles. The summed E-state index contributed by atoms with van der Waals surface area (Å²) in [6, 6.07) is 6.54. The molecule has 7 nitrogen and oxygen atoms in total. The number of aryl methyl sites for hydroxylation is 3. The zero-order valence-corrected chi connectivity index (χ0v) is 21.2. The first kappa shape index (κ1) is 25.6. The highest BCUT2D eigenvalue weighted by molar-refractivity contribution is 5.78. The van der Waals surface area contributed by atoms with E-state index >= 15 is 0 Å². The topological polar surface area (TPSA) is 92.4 Å². The molecular formula is C27H36N4O3. The van der Waals surface area contributed by atoms with Gasteiger partial charge in [-0.15, -0.1) is 0 Å². The molecule has 0 aliphatic rings. The minimum absolute atomic E-state index is 0.0567. The molecule has 0 fully saturated rings. The Morgan fingerprint density at radius 2 is 1.85 bits per heavy atom. The number of Topliss-reactive ketones (excluding diaryl/α,β-unsaturated/α-hetero) is 1. The van der Waals surface area contributed by atoms with Crippen LogP contribution in [-0.2, 0) is 17.6 Å². The van der Waals surface area contributed by atoms with Crippen molar-refractivity contribution in [3.63, 3.8) is 0 Å². The van der Waals surface area contributed by atoms with Crippen molar-refractivity contribution < 1.29 is 14.4 Å². The lowest BCUT2D eigenvalue weighted by Gasteiger charge is -2.24. The Labute approximate surface area is 202 Å². The lowest BCUT2D eigenvalue weighted by molar-refractivity contribution is -0.119. The molecule has 0 amide bonds. The molecule has 3 rings (SSSR count). The van der Waals surface area contributed by atoms with Crippen molar-refractivity contribution in [1.29, 1.82) is 0 Å². The van der Waals surface area contributed by atoms with Crippen LogP contribution in [-0.4, -0.2) is 45.7 Å². The van der Waals surface area contributed by atoms with Crippen LogP contribution in [0.3, 0.4) is 0 Å². The van der Waals surface area contributed by atoms with Crippen molar-refractivity contribution in [3.05, 3.63) is 46.6 Å². The largest absolute Gasteiger partial charge is 0.396 e. The number of anilines is 1. The molecule has 0 unspecified atom stereocenters. The average Bonchev–Trinajstić information content (AvgIpc) is 3.31. The molecule has 1 aromatic carbocycles. The number of hydrogen-bond acceptors (Lipinski definition) is 7. The summed E-state index contributed by atoms with van der Waals surface area (Å²) in [4.78, 5) is 23.5. The van der Waals surface area contributed by atoms with Crippen molar-refractivity contribution in [1.82, 2.24) is 15.1 Å². The van der Waals surface area contributed by atoms with Gasteiger partial charge < -0.3 is 14.5 Å². The highest BCUT2D eigenvalue weighted by atomic mass is 16.5. The number of nitrogens with zero attached hydrogens (tertiary/aromatic N) is 4. The van der Waals surface area contributed by atoms with Crippen LogP contribution in [0, 0.1) is 13.8 Å². The third kappa shape index (κ3) is 5.89. The van der Waals surface area contributed by atoms with Crippen LogP contribution in [0.1, 0.15) is 62.3 Å². The molecule has 1 N–H and O–H groups in total. The van der Waals surface area contributed by atoms with Gasteiger partial charge in [-0.25, -0.2) is 4.98 Å². The van der Waals surface area contributed by atoms with Gasteiger partial charge in [0.05, 0.1) is 5.56 Å². The molecule has 3 aromatic rings. The van der Waals surface area contributed by atoms with E-state index in [2.05, 4.69) is 59.9 Å². The molecule has 0 spiro atoms. The first-order chi connectivity index (χ1) is 16.2. The summed E-state index contributed by atoms with van der Waals surface area (Å²) in [5.41, 5.74) is 6.26. The normalized spacial score (nSPS) is 11.3. The maximum Gasteiger partial charge on any atom is 0.259 e. The Hall–Kier alpha value is -3.06. The minimum atomic E-state index is 0.0567. The number of benzene rings is 1. The zero-order chi connectivity index (χ0) is 24.8. The summed E-state index contributed by atoms with van der Waals surface area (Å²) in [7, 11) is 2.03. The summed E-state index contributed by atoms with van der Waals surface area (Å²) in [5, 5.41) is 13.2. The van der Waals surface area contributed by atoms with E-state index in [-0.39, 0.29) is 12.4 Å². The van der Waals surface area contributed by atoms with E-state index in [1.807, 2.05) is 20.0 Å². The molecule has 7 heteroatoms. The lowest BCUT2D eigenvalue weighted by atomic mass is 9.92. The highest BCUT2D eigenvalue weighted by Gasteiger charge is 2.17. The summed E-state index contributed by atoms with van der Waals surface area (Å²) < 4.78 is 5.59. The Morgan fingerprint density at radius 3 is 2.50 bits per heavy atom. The molecule has 34 heavy (non-hydrogen) atoms. The first-order valence-corrected chi connectivity index (χ1v) is 12.0. The molecule has 0 aliphatic heterocycles. The Morgan fingerprint density at radius 1 is 1.12 bits per heavy atom. The van der Waals surface area contributed by atoms with Gasteiger partial charge in [0, 0.05) is 44.3 Å². The number of pyridine rings is 1. The number of hydrogen-bond donors (Lipinski definition) is 1. The predicted octanol–water partition coefficient (Wildman–Crippen LogP) is 5.10. The summed E-state index contributed by atoms with van der Waals surface area (Å²) in [6.07, 6.45) is 4.80. The maximum atomic E-state index is 12.1. The van der Waals surface area contributed by atoms with E-state index in [0.29, 0.717) is 43.4 Å². The fraction of sp³-hybridized carbons (Fsp3) is 0.481. The third-order valence-corrected chi connectivity index (χ3v) is 6.30. The van der Waals surface area contributed by atoms with Crippen LogP contribution < -0.4 is 4.90 Å². The van der Waals surface area contributed by atoms with E-state index in [1.165, 1.54) is 11.1 Å². The number of aliphatic hydroxyl groups excluding tert-OH is 1. The van der Waals surface area contributed by atoms with Gasteiger partial charge >= 0.3 is 0 Å². The number of aromatic nitrogens is 3. The smallest absolute Gasteiger partial charge is 0.259 e. The van der Waals surface area contributed by atoms with Crippen LogP contribution in [0.2, 0.25) is 0 Å². The Balaban J connectivity index is 1.83. The monoisotopic (exact) mass is 464 g/mol. The van der Waals surface area contributed by atoms with Crippen LogP contribution in [0.5, 0.6) is 0 Å². The van der Waals surface area contributed by atoms with Gasteiger partial charge in [0.1, 0.15) is 11.6 Å². The SMILES string of the molecule is CCc1cc(-c2noc(-c3cnc(N(C)C(C)C)c(C)c3)n2)cc(C)c1CCC(=O)CCCO. The molecule has 2 aromatic heterocycles. The number of carbonyl (C=O) groups excluding carboxylic acids is 1. The van der Waals surface area contributed by atoms with Crippen LogP contribution in [0.25, 0.3) is 22.8 Å². The first-order valence-electron chi connectivity index (χ1n) is 12.0. The van der Waals surface area contributed by atoms with Gasteiger partial charge in [-0.3, -0.25) is 4.79 Å². The highest BCUT2D eigenvalue weighted by Crippen LogP contribution is 2.29. The number of rotatable bonds is 11. The number of ketones is 1. The summed E-state index contributed by atoms with van der Waals surface area (Å²) in [6.45, 7) is 10.5. The van der Waals surface area contributed by atoms with Crippen molar-refractivity contribution in [3.8, 4) is 22.8 Å². The second kappa shape index (κ2) is 11.4. The van der Waals surface area contributed by atoms with Gasteiger partial charge in [-0.2, -0.15) is 4.98 Å². The predicted molar refractivity (Wildman–Crippen MR) is 135 cm³/mol. The van der Waals surface area contributed by atoms with E-state index in [4.69, 9.17) is 9.63 Å². The van der Waals surface area contributed by atoms with Crippen LogP contribution in [0.4, 0.5) is 5.82 Å². The lowest BCUT2D eigenvalue weighted by Crippen LogP contribution is -2.27. The molecule has 182 valence electrons. The van der Waals surface area contributed by atoms with Crippen LogP contribution >= 0.6 is 0 Å². The van der Waals surface area contributed by atoms with E-state index < -0.39 is 0 Å². The fourth-order valence-electron chi connectivity index (χ4n) is 4.11. The second-order valence-corrected chi connectivity index (χ2v) is 9.14. The molecular weight excluding hydrogens is 428 g/mol. The van der Waals surface area contributed by atoms with Gasteiger partial charge in [0.15, 0.2) is 0 Å². The quantitative estimate of drug-likeness (QED) is 0.422. The minimum Gasteiger partial charge on any atom is -0.396 e. The summed E-state index contributed by atoms with van der Waals surface area (Å²) in [5.74, 6) is 2.11. The van der Waals surface area contributed by atoms with Gasteiger partial charge in [-0.1, -0.05) is 12.1 Å². The molecule has 0 aliphatic carbocycles. The van der Waals surface area contributed by atoms with Crippen molar-refractivity contribution >= 4 is 11.6 Å². The van der Waals surface area contributed by atoms with E-state index in [1.54, 1.807) is 6.20 Å². The van der Waals surface area contributed by atoms with Crippen LogP contribution in [0.15, 0.2) is 28.9 Å².